The Bertz CT molecular complexity index is 1350. The van der Waals surface area contributed by atoms with Crippen molar-refractivity contribution in [3.63, 3.8) is 0 Å². The SMILES string of the molecule is COc1ccc(C(O)=Cc2nc3ccc(C(=O)NCc4ccncc4)cc3[nH]c2=O)cc1. The highest BCUT2D eigenvalue weighted by Crippen LogP contribution is 2.19. The molecule has 4 aromatic rings. The molecule has 2 heterocycles. The van der Waals surface area contributed by atoms with Gasteiger partial charge in [-0.15, -0.1) is 0 Å². The number of rotatable bonds is 6. The number of fused-ring (bicyclic) bond motifs is 1. The Balaban J connectivity index is 1.56. The van der Waals surface area contributed by atoms with Gasteiger partial charge in [0.1, 0.15) is 17.2 Å². The zero-order valence-electron chi connectivity index (χ0n) is 17.2. The van der Waals surface area contributed by atoms with Crippen molar-refractivity contribution in [1.29, 1.82) is 0 Å². The lowest BCUT2D eigenvalue weighted by molar-refractivity contribution is 0.0951. The van der Waals surface area contributed by atoms with Gasteiger partial charge >= 0.3 is 0 Å². The first-order valence-electron chi connectivity index (χ1n) is 9.80. The van der Waals surface area contributed by atoms with Crippen LogP contribution in [-0.2, 0) is 6.54 Å². The molecule has 1 amide bonds. The largest absolute Gasteiger partial charge is 0.507 e. The number of carbonyl (C=O) groups is 1. The van der Waals surface area contributed by atoms with Crippen LogP contribution in [-0.4, -0.2) is 33.1 Å². The summed E-state index contributed by atoms with van der Waals surface area (Å²) < 4.78 is 5.10. The number of carbonyl (C=O) groups excluding carboxylic acids is 1. The number of amides is 1. The Morgan fingerprint density at radius 3 is 2.53 bits per heavy atom. The molecule has 2 aromatic heterocycles. The third-order valence-corrected chi connectivity index (χ3v) is 4.84. The van der Waals surface area contributed by atoms with Gasteiger partial charge in [-0.2, -0.15) is 0 Å². The molecule has 4 rings (SSSR count). The molecule has 0 aliphatic heterocycles. The van der Waals surface area contributed by atoms with Crippen molar-refractivity contribution in [2.45, 2.75) is 6.54 Å². The van der Waals surface area contributed by atoms with Gasteiger partial charge in [-0.3, -0.25) is 14.6 Å². The van der Waals surface area contributed by atoms with E-state index in [1.54, 1.807) is 62.0 Å². The van der Waals surface area contributed by atoms with Crippen LogP contribution in [0.3, 0.4) is 0 Å². The minimum absolute atomic E-state index is 0.0562. The monoisotopic (exact) mass is 428 g/mol. The highest BCUT2D eigenvalue weighted by atomic mass is 16.5. The first-order chi connectivity index (χ1) is 15.5. The number of hydrogen-bond acceptors (Lipinski definition) is 6. The summed E-state index contributed by atoms with van der Waals surface area (Å²) in [5.41, 5.74) is 2.34. The van der Waals surface area contributed by atoms with Crippen LogP contribution < -0.4 is 15.6 Å². The van der Waals surface area contributed by atoms with Crippen LogP contribution in [0.1, 0.15) is 27.2 Å². The van der Waals surface area contributed by atoms with Gasteiger partial charge in [0.2, 0.25) is 0 Å². The fraction of sp³-hybridized carbons (Fsp3) is 0.0833. The average Bonchev–Trinajstić information content (AvgIpc) is 2.83. The molecule has 0 aliphatic carbocycles. The Hall–Kier alpha value is -4.46. The first kappa shape index (κ1) is 20.8. The minimum Gasteiger partial charge on any atom is -0.507 e. The fourth-order valence-electron chi connectivity index (χ4n) is 3.10. The van der Waals surface area contributed by atoms with Crippen molar-refractivity contribution < 1.29 is 14.6 Å². The predicted octanol–water partition coefficient (Wildman–Crippen LogP) is 3.31. The molecule has 0 saturated heterocycles. The Kier molecular flexibility index (Phi) is 5.94. The second-order valence-electron chi connectivity index (χ2n) is 6.98. The summed E-state index contributed by atoms with van der Waals surface area (Å²) in [5, 5.41) is 13.2. The number of hydrogen-bond donors (Lipinski definition) is 3. The van der Waals surface area contributed by atoms with E-state index in [9.17, 15) is 14.7 Å². The van der Waals surface area contributed by atoms with Crippen LogP contribution in [0.25, 0.3) is 22.9 Å². The molecular weight excluding hydrogens is 408 g/mol. The van der Waals surface area contributed by atoms with Gasteiger partial charge in [0, 0.05) is 36.1 Å². The molecule has 0 aliphatic rings. The molecule has 0 spiro atoms. The van der Waals surface area contributed by atoms with Gasteiger partial charge in [-0.05, 0) is 60.2 Å². The number of ether oxygens (including phenoxy) is 1. The molecular formula is C24H20N4O4. The Labute approximate surface area is 183 Å². The molecule has 160 valence electrons. The maximum atomic E-state index is 12.5. The van der Waals surface area contributed by atoms with E-state index in [0.717, 1.165) is 5.56 Å². The molecule has 0 unspecified atom stereocenters. The number of nitrogens with zero attached hydrogens (tertiary/aromatic N) is 2. The van der Waals surface area contributed by atoms with Crippen LogP contribution in [0, 0.1) is 0 Å². The van der Waals surface area contributed by atoms with Crippen LogP contribution >= 0.6 is 0 Å². The third kappa shape index (κ3) is 4.65. The molecule has 0 atom stereocenters. The van der Waals surface area contributed by atoms with Crippen molar-refractivity contribution in [3.8, 4) is 5.75 Å². The first-order valence-corrected chi connectivity index (χ1v) is 9.80. The van der Waals surface area contributed by atoms with E-state index >= 15 is 0 Å². The van der Waals surface area contributed by atoms with E-state index in [2.05, 4.69) is 20.3 Å². The van der Waals surface area contributed by atoms with Crippen molar-refractivity contribution in [3.05, 3.63) is 99.7 Å². The molecule has 0 saturated carbocycles. The number of aliphatic hydroxyl groups excluding tert-OH is 1. The Morgan fingerprint density at radius 1 is 1.09 bits per heavy atom. The Morgan fingerprint density at radius 2 is 1.81 bits per heavy atom. The molecule has 0 radical (unpaired) electrons. The van der Waals surface area contributed by atoms with E-state index in [1.165, 1.54) is 6.08 Å². The quantitative estimate of drug-likeness (QED) is 0.406. The summed E-state index contributed by atoms with van der Waals surface area (Å²) >= 11 is 0. The highest BCUT2D eigenvalue weighted by molar-refractivity contribution is 5.97. The molecule has 8 heteroatoms. The van der Waals surface area contributed by atoms with E-state index in [0.29, 0.717) is 34.5 Å². The maximum absolute atomic E-state index is 12.5. The molecule has 8 nitrogen and oxygen atoms in total. The van der Waals surface area contributed by atoms with Gasteiger partial charge in [-0.25, -0.2) is 4.98 Å². The van der Waals surface area contributed by atoms with Crippen molar-refractivity contribution in [1.82, 2.24) is 20.3 Å². The van der Waals surface area contributed by atoms with Crippen molar-refractivity contribution in [2.24, 2.45) is 0 Å². The van der Waals surface area contributed by atoms with Gasteiger partial charge in [-0.1, -0.05) is 0 Å². The highest BCUT2D eigenvalue weighted by Gasteiger charge is 2.10. The molecule has 2 aromatic carbocycles. The lowest BCUT2D eigenvalue weighted by atomic mass is 10.1. The van der Waals surface area contributed by atoms with Gasteiger partial charge in [0.25, 0.3) is 11.5 Å². The van der Waals surface area contributed by atoms with E-state index in [4.69, 9.17) is 4.74 Å². The van der Waals surface area contributed by atoms with E-state index in [1.807, 2.05) is 12.1 Å². The summed E-state index contributed by atoms with van der Waals surface area (Å²) in [4.78, 5) is 36.0. The van der Waals surface area contributed by atoms with E-state index in [-0.39, 0.29) is 17.4 Å². The number of H-pyrrole nitrogens is 1. The normalized spacial score (nSPS) is 11.3. The van der Waals surface area contributed by atoms with Crippen LogP contribution in [0.4, 0.5) is 0 Å². The molecule has 0 fully saturated rings. The predicted molar refractivity (Wildman–Crippen MR) is 121 cm³/mol. The third-order valence-electron chi connectivity index (χ3n) is 4.84. The van der Waals surface area contributed by atoms with Crippen LogP contribution in [0.15, 0.2) is 71.8 Å². The summed E-state index contributed by atoms with van der Waals surface area (Å²) in [6.45, 7) is 0.364. The topological polar surface area (TPSA) is 117 Å². The van der Waals surface area contributed by atoms with E-state index < -0.39 is 5.56 Å². The zero-order chi connectivity index (χ0) is 22.5. The van der Waals surface area contributed by atoms with Gasteiger partial charge in [0.05, 0.1) is 18.1 Å². The number of aliphatic hydroxyl groups is 1. The summed E-state index contributed by atoms with van der Waals surface area (Å²) in [7, 11) is 1.55. The summed E-state index contributed by atoms with van der Waals surface area (Å²) in [6.07, 6.45) is 4.62. The minimum atomic E-state index is -0.480. The van der Waals surface area contributed by atoms with Gasteiger partial charge in [0.15, 0.2) is 0 Å². The molecule has 3 N–H and O–H groups in total. The second kappa shape index (κ2) is 9.13. The van der Waals surface area contributed by atoms with Crippen LogP contribution in [0.2, 0.25) is 0 Å². The lowest BCUT2D eigenvalue weighted by Crippen LogP contribution is -2.23. The maximum Gasteiger partial charge on any atom is 0.274 e. The number of aromatic nitrogens is 3. The number of benzene rings is 2. The number of pyridine rings is 1. The zero-order valence-corrected chi connectivity index (χ0v) is 17.2. The van der Waals surface area contributed by atoms with Crippen LogP contribution in [0.5, 0.6) is 5.75 Å². The standard InChI is InChI=1S/C24H20N4O4/c1-32-18-5-2-16(3-6-18)22(29)13-21-24(31)28-20-12-17(4-7-19(20)27-21)23(30)26-14-15-8-10-25-11-9-15/h2-13,29H,14H2,1H3,(H,26,30)(H,28,31). The van der Waals surface area contributed by atoms with Crippen molar-refractivity contribution >= 4 is 28.8 Å². The number of nitrogens with one attached hydrogen (secondary N) is 2. The van der Waals surface area contributed by atoms with Gasteiger partial charge < -0.3 is 20.1 Å². The smallest absolute Gasteiger partial charge is 0.274 e. The van der Waals surface area contributed by atoms with Crippen molar-refractivity contribution in [2.75, 3.05) is 7.11 Å². The second-order valence-corrected chi connectivity index (χ2v) is 6.98. The summed E-state index contributed by atoms with van der Waals surface area (Å²) in [5.74, 6) is 0.284. The lowest BCUT2D eigenvalue weighted by Gasteiger charge is -2.07. The molecule has 0 bridgehead atoms. The molecule has 32 heavy (non-hydrogen) atoms. The summed E-state index contributed by atoms with van der Waals surface area (Å²) in [6, 6.07) is 15.3. The average molecular weight is 428 g/mol. The number of methoxy groups -OCH3 is 1. The number of aromatic amines is 1. The fourth-order valence-corrected chi connectivity index (χ4v) is 3.10.